The van der Waals surface area contributed by atoms with Gasteiger partial charge in [-0.2, -0.15) is 0 Å². The van der Waals surface area contributed by atoms with Crippen molar-refractivity contribution >= 4 is 33.3 Å². The molecule has 1 atom stereocenters. The van der Waals surface area contributed by atoms with Crippen molar-refractivity contribution in [3.8, 4) is 5.75 Å². The molecule has 0 N–H and O–H groups in total. The molecule has 2 aliphatic carbocycles. The smallest absolute Gasteiger partial charge is 0.316 e. The molecule has 0 saturated carbocycles. The van der Waals surface area contributed by atoms with Gasteiger partial charge in [-0.25, -0.2) is 0 Å². The lowest BCUT2D eigenvalue weighted by atomic mass is 9.74. The standard InChI is InChI=1S/C19H21BrO3/c1-18(2,3)17(22)23-12-5-6-13-11(9-12)10-19(4)8-7-14(21)16(20)15(13)19/h5-6,9H,7-8,10H2,1-4H3. The monoisotopic (exact) mass is 376 g/mol. The van der Waals surface area contributed by atoms with Gasteiger partial charge in [-0.1, -0.05) is 13.0 Å². The second kappa shape index (κ2) is 5.30. The highest BCUT2D eigenvalue weighted by Crippen LogP contribution is 2.55. The zero-order valence-electron chi connectivity index (χ0n) is 14.0. The zero-order chi connectivity index (χ0) is 17.0. The minimum absolute atomic E-state index is 0.0122. The number of halogens is 1. The number of ketones is 1. The molecule has 0 fully saturated rings. The number of hydrogen-bond acceptors (Lipinski definition) is 3. The van der Waals surface area contributed by atoms with Gasteiger partial charge in [0.15, 0.2) is 5.78 Å². The van der Waals surface area contributed by atoms with Gasteiger partial charge in [0.05, 0.1) is 9.90 Å². The van der Waals surface area contributed by atoms with Gasteiger partial charge in [0.25, 0.3) is 0 Å². The SMILES string of the molecule is CC(C)(C)C(=O)Oc1ccc2c(c1)CC1(C)CCC(=O)C(Br)=C21. The Hall–Kier alpha value is -1.42. The Morgan fingerprint density at radius 2 is 2.00 bits per heavy atom. The van der Waals surface area contributed by atoms with Gasteiger partial charge in [-0.05, 0) is 83.8 Å². The molecule has 2 aliphatic rings. The number of rotatable bonds is 1. The number of Topliss-reactive ketones (excluding diaryl/α,β-unsaturated/α-hetero) is 1. The number of carbonyl (C=O) groups is 2. The number of ether oxygens (including phenoxy) is 1. The first-order chi connectivity index (χ1) is 10.6. The minimum atomic E-state index is -0.531. The molecule has 1 unspecified atom stereocenters. The molecule has 1 aromatic carbocycles. The predicted molar refractivity (Wildman–Crippen MR) is 93.4 cm³/mol. The van der Waals surface area contributed by atoms with Crippen LogP contribution in [0, 0.1) is 10.8 Å². The fraction of sp³-hybridized carbons (Fsp3) is 0.474. The molecule has 4 heteroatoms. The predicted octanol–water partition coefficient (Wildman–Crippen LogP) is 4.67. The molecule has 1 aromatic rings. The highest BCUT2D eigenvalue weighted by molar-refractivity contribution is 9.12. The van der Waals surface area contributed by atoms with Crippen molar-refractivity contribution in [2.45, 2.75) is 47.0 Å². The summed E-state index contributed by atoms with van der Waals surface area (Å²) in [6.45, 7) is 7.72. The van der Waals surface area contributed by atoms with Crippen molar-refractivity contribution in [3.05, 3.63) is 33.8 Å². The van der Waals surface area contributed by atoms with Crippen molar-refractivity contribution in [2.75, 3.05) is 0 Å². The van der Waals surface area contributed by atoms with E-state index in [2.05, 4.69) is 22.9 Å². The van der Waals surface area contributed by atoms with E-state index in [1.165, 1.54) is 0 Å². The van der Waals surface area contributed by atoms with Gasteiger partial charge in [-0.15, -0.1) is 0 Å². The summed E-state index contributed by atoms with van der Waals surface area (Å²) in [6.07, 6.45) is 2.32. The van der Waals surface area contributed by atoms with E-state index < -0.39 is 5.41 Å². The quantitative estimate of drug-likeness (QED) is 0.528. The average molecular weight is 377 g/mol. The molecule has 122 valence electrons. The first-order valence-electron chi connectivity index (χ1n) is 7.91. The molecule has 0 spiro atoms. The fourth-order valence-corrected chi connectivity index (χ4v) is 4.24. The number of allylic oxidation sites excluding steroid dienone is 2. The summed E-state index contributed by atoms with van der Waals surface area (Å²) in [4.78, 5) is 24.1. The van der Waals surface area contributed by atoms with Crippen LogP contribution in [-0.4, -0.2) is 11.8 Å². The summed E-state index contributed by atoms with van der Waals surface area (Å²) in [6, 6.07) is 5.74. The second-order valence-corrected chi connectivity index (χ2v) is 8.60. The van der Waals surface area contributed by atoms with Crippen molar-refractivity contribution in [3.63, 3.8) is 0 Å². The number of hydrogen-bond donors (Lipinski definition) is 0. The number of fused-ring (bicyclic) bond motifs is 3. The van der Waals surface area contributed by atoms with E-state index in [0.29, 0.717) is 16.7 Å². The van der Waals surface area contributed by atoms with E-state index in [1.54, 1.807) is 0 Å². The van der Waals surface area contributed by atoms with Crippen molar-refractivity contribution < 1.29 is 14.3 Å². The van der Waals surface area contributed by atoms with Gasteiger partial charge >= 0.3 is 5.97 Å². The Morgan fingerprint density at radius 1 is 1.30 bits per heavy atom. The first kappa shape index (κ1) is 16.4. The molecule has 23 heavy (non-hydrogen) atoms. The van der Waals surface area contributed by atoms with Crippen LogP contribution in [0.15, 0.2) is 22.7 Å². The lowest BCUT2D eigenvalue weighted by Gasteiger charge is -2.30. The van der Waals surface area contributed by atoms with E-state index in [4.69, 9.17) is 4.74 Å². The van der Waals surface area contributed by atoms with Crippen LogP contribution in [0.5, 0.6) is 5.75 Å². The van der Waals surface area contributed by atoms with Crippen LogP contribution in [0.1, 0.15) is 51.7 Å². The van der Waals surface area contributed by atoms with Crippen LogP contribution < -0.4 is 4.74 Å². The Balaban J connectivity index is 1.98. The molecule has 0 heterocycles. The van der Waals surface area contributed by atoms with E-state index in [1.807, 2.05) is 39.0 Å². The normalized spacial score (nSPS) is 23.6. The van der Waals surface area contributed by atoms with E-state index in [-0.39, 0.29) is 17.2 Å². The summed E-state index contributed by atoms with van der Waals surface area (Å²) < 4.78 is 6.22. The lowest BCUT2D eigenvalue weighted by molar-refractivity contribution is -0.143. The summed E-state index contributed by atoms with van der Waals surface area (Å²) in [5.74, 6) is 0.511. The topological polar surface area (TPSA) is 43.4 Å². The zero-order valence-corrected chi connectivity index (χ0v) is 15.5. The first-order valence-corrected chi connectivity index (χ1v) is 8.70. The van der Waals surface area contributed by atoms with Crippen LogP contribution in [0.25, 0.3) is 5.57 Å². The number of benzene rings is 1. The fourth-order valence-electron chi connectivity index (χ4n) is 3.35. The average Bonchev–Trinajstić information content (AvgIpc) is 2.74. The van der Waals surface area contributed by atoms with Crippen LogP contribution in [0.2, 0.25) is 0 Å². The largest absolute Gasteiger partial charge is 0.426 e. The summed E-state index contributed by atoms with van der Waals surface area (Å²) in [5.41, 5.74) is 2.81. The van der Waals surface area contributed by atoms with E-state index in [9.17, 15) is 9.59 Å². The third-order valence-electron chi connectivity index (χ3n) is 4.72. The Labute approximate surface area is 145 Å². The van der Waals surface area contributed by atoms with Crippen LogP contribution in [0.3, 0.4) is 0 Å². The molecule has 3 rings (SSSR count). The third kappa shape index (κ3) is 2.78. The van der Waals surface area contributed by atoms with Gasteiger partial charge in [0.2, 0.25) is 0 Å². The van der Waals surface area contributed by atoms with Gasteiger partial charge in [0.1, 0.15) is 5.75 Å². The summed E-state index contributed by atoms with van der Waals surface area (Å²) >= 11 is 3.50. The second-order valence-electron chi connectivity index (χ2n) is 7.81. The Morgan fingerprint density at radius 3 is 2.65 bits per heavy atom. The molecule has 0 aromatic heterocycles. The van der Waals surface area contributed by atoms with E-state index >= 15 is 0 Å². The molecular formula is C19H21BrO3. The molecular weight excluding hydrogens is 356 g/mol. The summed E-state index contributed by atoms with van der Waals surface area (Å²) in [5, 5.41) is 0. The number of carbonyl (C=O) groups excluding carboxylic acids is 2. The van der Waals surface area contributed by atoms with Gasteiger partial charge in [-0.3, -0.25) is 9.59 Å². The molecule has 0 saturated heterocycles. The van der Waals surface area contributed by atoms with Crippen molar-refractivity contribution in [1.82, 2.24) is 0 Å². The molecule has 0 amide bonds. The van der Waals surface area contributed by atoms with Crippen LogP contribution in [0.4, 0.5) is 0 Å². The summed E-state index contributed by atoms with van der Waals surface area (Å²) in [7, 11) is 0. The van der Waals surface area contributed by atoms with Crippen molar-refractivity contribution in [1.29, 1.82) is 0 Å². The molecule has 0 radical (unpaired) electrons. The maximum Gasteiger partial charge on any atom is 0.316 e. The Kier molecular flexibility index (Phi) is 3.79. The van der Waals surface area contributed by atoms with Gasteiger partial charge < -0.3 is 4.74 Å². The highest BCUT2D eigenvalue weighted by atomic mass is 79.9. The maximum atomic E-state index is 12.1. The van der Waals surface area contributed by atoms with Crippen LogP contribution >= 0.6 is 15.9 Å². The number of esters is 1. The molecule has 0 bridgehead atoms. The van der Waals surface area contributed by atoms with Gasteiger partial charge in [0, 0.05) is 6.42 Å². The maximum absolute atomic E-state index is 12.1. The minimum Gasteiger partial charge on any atom is -0.426 e. The molecule has 3 nitrogen and oxygen atoms in total. The Bertz CT molecular complexity index is 739. The lowest BCUT2D eigenvalue weighted by Crippen LogP contribution is -2.25. The van der Waals surface area contributed by atoms with Crippen LogP contribution in [-0.2, 0) is 16.0 Å². The highest BCUT2D eigenvalue weighted by Gasteiger charge is 2.43. The molecule has 0 aliphatic heterocycles. The third-order valence-corrected chi connectivity index (χ3v) is 5.56. The van der Waals surface area contributed by atoms with Crippen molar-refractivity contribution in [2.24, 2.45) is 10.8 Å². The van der Waals surface area contributed by atoms with E-state index in [0.717, 1.165) is 29.5 Å².